The topological polar surface area (TPSA) is 73.4 Å². The third-order valence-corrected chi connectivity index (χ3v) is 7.95. The second kappa shape index (κ2) is 8.92. The van der Waals surface area contributed by atoms with Gasteiger partial charge in [0.2, 0.25) is 5.91 Å². The van der Waals surface area contributed by atoms with Crippen LogP contribution < -0.4 is 10.6 Å². The Morgan fingerprint density at radius 3 is 2.77 bits per heavy atom. The molecule has 8 heteroatoms. The molecular formula is C23H32N6OS. The number of rotatable bonds is 2. The highest BCUT2D eigenvalue weighted by Crippen LogP contribution is 2.27. The Morgan fingerprint density at radius 2 is 1.97 bits per heavy atom. The maximum absolute atomic E-state index is 13.2. The first kappa shape index (κ1) is 21.0. The molecule has 1 aromatic carbocycles. The molecule has 3 aliphatic rings. The van der Waals surface area contributed by atoms with Gasteiger partial charge in [0, 0.05) is 49.4 Å². The van der Waals surface area contributed by atoms with Crippen LogP contribution in [-0.4, -0.2) is 81.5 Å². The summed E-state index contributed by atoms with van der Waals surface area (Å²) >= 11 is 2.06. The Morgan fingerprint density at radius 1 is 1.13 bits per heavy atom. The molecule has 2 N–H and O–H groups in total. The Bertz CT molecular complexity index is 947. The van der Waals surface area contributed by atoms with E-state index in [-0.39, 0.29) is 23.9 Å². The number of hydrogen-bond acceptors (Lipinski definition) is 7. The summed E-state index contributed by atoms with van der Waals surface area (Å²) < 4.78 is 0. The van der Waals surface area contributed by atoms with E-state index in [1.54, 1.807) is 0 Å². The summed E-state index contributed by atoms with van der Waals surface area (Å²) in [7, 11) is 0. The van der Waals surface area contributed by atoms with Crippen LogP contribution >= 0.6 is 11.8 Å². The molecule has 7 nitrogen and oxygen atoms in total. The number of anilines is 1. The van der Waals surface area contributed by atoms with E-state index in [1.807, 2.05) is 24.3 Å². The molecule has 0 aliphatic carbocycles. The average Bonchev–Trinajstić information content (AvgIpc) is 3.30. The summed E-state index contributed by atoms with van der Waals surface area (Å²) in [4.78, 5) is 28.0. The van der Waals surface area contributed by atoms with Crippen LogP contribution in [0.25, 0.3) is 10.9 Å². The molecule has 5 rings (SSSR count). The van der Waals surface area contributed by atoms with Gasteiger partial charge in [0.25, 0.3) is 0 Å². The van der Waals surface area contributed by atoms with Crippen molar-refractivity contribution in [2.45, 2.75) is 44.9 Å². The average molecular weight is 441 g/mol. The van der Waals surface area contributed by atoms with Gasteiger partial charge in [0.1, 0.15) is 17.7 Å². The monoisotopic (exact) mass is 440 g/mol. The lowest BCUT2D eigenvalue weighted by atomic mass is 10.0. The highest BCUT2D eigenvalue weighted by atomic mass is 32.2. The molecule has 4 heterocycles. The second-order valence-corrected chi connectivity index (χ2v) is 10.4. The second-order valence-electron chi connectivity index (χ2n) is 9.25. The van der Waals surface area contributed by atoms with E-state index in [2.05, 4.69) is 46.0 Å². The number of aromatic nitrogens is 2. The van der Waals surface area contributed by atoms with Crippen molar-refractivity contribution in [3.8, 4) is 0 Å². The zero-order valence-electron chi connectivity index (χ0n) is 18.4. The van der Waals surface area contributed by atoms with Crippen molar-refractivity contribution in [2.75, 3.05) is 43.0 Å². The number of hydrogen-bond donors (Lipinski definition) is 2. The Balaban J connectivity index is 1.49. The van der Waals surface area contributed by atoms with E-state index in [4.69, 9.17) is 9.97 Å². The van der Waals surface area contributed by atoms with Gasteiger partial charge in [0.15, 0.2) is 0 Å². The van der Waals surface area contributed by atoms with Gasteiger partial charge in [-0.05, 0) is 30.2 Å². The van der Waals surface area contributed by atoms with E-state index in [0.29, 0.717) is 19.1 Å². The van der Waals surface area contributed by atoms with Crippen LogP contribution in [0.2, 0.25) is 0 Å². The predicted molar refractivity (Wildman–Crippen MR) is 126 cm³/mol. The number of nitrogens with one attached hydrogen (secondary N) is 2. The number of benzene rings is 1. The van der Waals surface area contributed by atoms with Crippen molar-refractivity contribution in [1.29, 1.82) is 0 Å². The molecule has 2 bridgehead atoms. The highest BCUT2D eigenvalue weighted by Gasteiger charge is 2.34. The molecule has 3 atom stereocenters. The van der Waals surface area contributed by atoms with E-state index >= 15 is 0 Å². The molecule has 2 aromatic rings. The first-order valence-electron chi connectivity index (χ1n) is 11.4. The quantitative estimate of drug-likeness (QED) is 0.742. The zero-order valence-corrected chi connectivity index (χ0v) is 19.2. The summed E-state index contributed by atoms with van der Waals surface area (Å²) in [5.41, 5.74) is 0.926. The predicted octanol–water partition coefficient (Wildman–Crippen LogP) is 2.19. The smallest absolute Gasteiger partial charge is 0.242 e. The number of fused-ring (bicyclic) bond motifs is 5. The van der Waals surface area contributed by atoms with E-state index in [1.165, 1.54) is 17.9 Å². The van der Waals surface area contributed by atoms with Crippen LogP contribution in [0.3, 0.4) is 0 Å². The number of carbonyl (C=O) groups excluding carboxylic acids is 1. The number of nitrogens with zero attached hydrogens (tertiary/aromatic N) is 4. The highest BCUT2D eigenvalue weighted by molar-refractivity contribution is 7.99. The number of carbonyl (C=O) groups is 1. The molecule has 0 saturated carbocycles. The summed E-state index contributed by atoms with van der Waals surface area (Å²) in [6.45, 7) is 8.57. The normalized spacial score (nSPS) is 28.1. The Labute approximate surface area is 188 Å². The molecule has 2 saturated heterocycles. The van der Waals surface area contributed by atoms with Gasteiger partial charge in [-0.2, -0.15) is 11.8 Å². The van der Waals surface area contributed by atoms with Crippen molar-refractivity contribution in [1.82, 2.24) is 25.1 Å². The fourth-order valence-electron chi connectivity index (χ4n) is 4.96. The van der Waals surface area contributed by atoms with Crippen molar-refractivity contribution in [3.63, 3.8) is 0 Å². The zero-order chi connectivity index (χ0) is 21.4. The van der Waals surface area contributed by atoms with Crippen LogP contribution in [0.15, 0.2) is 24.3 Å². The molecule has 2 unspecified atom stereocenters. The molecule has 2 fully saturated rings. The largest absolute Gasteiger partial charge is 0.358 e. The van der Waals surface area contributed by atoms with Crippen LogP contribution in [-0.2, 0) is 11.3 Å². The van der Waals surface area contributed by atoms with Gasteiger partial charge in [0.05, 0.1) is 12.1 Å². The van der Waals surface area contributed by atoms with Gasteiger partial charge in [-0.3, -0.25) is 14.6 Å². The van der Waals surface area contributed by atoms with Gasteiger partial charge in [-0.15, -0.1) is 0 Å². The Hall–Kier alpha value is -1.90. The van der Waals surface area contributed by atoms with Crippen molar-refractivity contribution < 1.29 is 4.79 Å². The minimum Gasteiger partial charge on any atom is -0.358 e. The lowest BCUT2D eigenvalue weighted by Crippen LogP contribution is -2.59. The molecule has 3 aliphatic heterocycles. The first-order chi connectivity index (χ1) is 15.1. The lowest BCUT2D eigenvalue weighted by Gasteiger charge is -2.43. The van der Waals surface area contributed by atoms with Crippen molar-refractivity contribution in [2.24, 2.45) is 5.92 Å². The summed E-state index contributed by atoms with van der Waals surface area (Å²) in [5.74, 6) is 4.28. The van der Waals surface area contributed by atoms with Gasteiger partial charge < -0.3 is 10.6 Å². The number of para-hydroxylation sites is 1. The minimum absolute atomic E-state index is 0.0506. The van der Waals surface area contributed by atoms with E-state index in [9.17, 15) is 4.79 Å². The molecule has 0 radical (unpaired) electrons. The third-order valence-electron chi connectivity index (χ3n) is 6.81. The Kier molecular flexibility index (Phi) is 6.03. The number of piperazine rings is 1. The van der Waals surface area contributed by atoms with Gasteiger partial charge >= 0.3 is 0 Å². The van der Waals surface area contributed by atoms with Gasteiger partial charge in [-0.25, -0.2) is 9.97 Å². The third kappa shape index (κ3) is 4.38. The minimum atomic E-state index is -0.330. The number of thioether (sulfide) groups is 1. The SMILES string of the molecule is CC(C)[C@@H]1Nc2nc(nc3ccccc23)CN2CCN(C3CCSC3)CC2CNC1=O. The standard InChI is InChI=1S/C23H32N6OS/c1-15(2)21-23(30)24-11-17-12-28(16-7-10-31-14-16)8-9-29(17)13-20-25-19-6-4-3-5-18(19)22(26-20)27-21/h3-6,15-17,21H,7-14H2,1-2H3,(H,24,30)(H,25,26,27)/t16?,17?,21-/m0/s1. The van der Waals surface area contributed by atoms with Crippen LogP contribution in [0.4, 0.5) is 5.82 Å². The van der Waals surface area contributed by atoms with E-state index < -0.39 is 0 Å². The van der Waals surface area contributed by atoms with E-state index in [0.717, 1.165) is 42.2 Å². The molecule has 166 valence electrons. The fourth-order valence-corrected chi connectivity index (χ4v) is 6.21. The molecule has 1 aromatic heterocycles. The molecule has 0 spiro atoms. The van der Waals surface area contributed by atoms with Crippen LogP contribution in [0.1, 0.15) is 26.1 Å². The van der Waals surface area contributed by atoms with Crippen LogP contribution in [0, 0.1) is 5.92 Å². The van der Waals surface area contributed by atoms with Crippen molar-refractivity contribution in [3.05, 3.63) is 30.1 Å². The lowest BCUT2D eigenvalue weighted by molar-refractivity contribution is -0.123. The summed E-state index contributed by atoms with van der Waals surface area (Å²) in [6, 6.07) is 8.68. The molecule has 31 heavy (non-hydrogen) atoms. The van der Waals surface area contributed by atoms with Gasteiger partial charge in [-0.1, -0.05) is 26.0 Å². The number of amides is 1. The summed E-state index contributed by atoms with van der Waals surface area (Å²) in [5, 5.41) is 7.67. The first-order valence-corrected chi connectivity index (χ1v) is 12.6. The molecular weight excluding hydrogens is 408 g/mol. The fraction of sp³-hybridized carbons (Fsp3) is 0.609. The summed E-state index contributed by atoms with van der Waals surface area (Å²) in [6.07, 6.45) is 1.28. The van der Waals surface area contributed by atoms with Crippen LogP contribution in [0.5, 0.6) is 0 Å². The maximum atomic E-state index is 13.2. The van der Waals surface area contributed by atoms with Crippen molar-refractivity contribution >= 4 is 34.4 Å². The molecule has 1 amide bonds. The maximum Gasteiger partial charge on any atom is 0.242 e.